The summed E-state index contributed by atoms with van der Waals surface area (Å²) in [6.45, 7) is 0. The van der Waals surface area contributed by atoms with Crippen LogP contribution in [0.3, 0.4) is 0 Å². The number of hydrogen-bond donors (Lipinski definition) is 0. The first-order valence-corrected chi connectivity index (χ1v) is 20.4. The van der Waals surface area contributed by atoms with Gasteiger partial charge in [0.25, 0.3) is 0 Å². The zero-order valence-electron chi connectivity index (χ0n) is 32.8. The first-order valence-electron chi connectivity index (χ1n) is 20.4. The van der Waals surface area contributed by atoms with Crippen LogP contribution in [0.15, 0.2) is 200 Å². The summed E-state index contributed by atoms with van der Waals surface area (Å²) in [5, 5.41) is 27.2. The van der Waals surface area contributed by atoms with Crippen LogP contribution in [0.5, 0.6) is 0 Å². The van der Waals surface area contributed by atoms with E-state index in [1.54, 1.807) is 12.1 Å². The van der Waals surface area contributed by atoms with Gasteiger partial charge in [0, 0.05) is 43.7 Å². The van der Waals surface area contributed by atoms with Crippen LogP contribution in [0.1, 0.15) is 11.1 Å². The highest BCUT2D eigenvalue weighted by atomic mass is 15.0. The number of para-hydroxylation sites is 4. The highest BCUT2D eigenvalue weighted by Gasteiger charge is 2.20. The Hall–Kier alpha value is -8.64. The highest BCUT2D eigenvalue weighted by molar-refractivity contribution is 6.14. The summed E-state index contributed by atoms with van der Waals surface area (Å²) in [6.07, 6.45) is 0. The Bertz CT molecular complexity index is 3620. The standard InChI is InChI=1S/C56H33N5/c57-34-36-19-20-41(35-58)56(29-36)61-54-27-23-39(37-21-25-52-46(30-37)44-15-7-9-17-50(44)59(52)42-11-3-1-4-12-42)32-48(54)49-33-40(24-28-55(49)61)38-22-26-53-47(31-38)45-16-8-10-18-51(45)60(53)43-13-5-2-6-14-43/h1-33H. The summed E-state index contributed by atoms with van der Waals surface area (Å²) >= 11 is 0. The predicted octanol–water partition coefficient (Wildman–Crippen LogP) is 14.1. The molecule has 282 valence electrons. The minimum Gasteiger partial charge on any atom is -0.309 e. The van der Waals surface area contributed by atoms with E-state index in [0.29, 0.717) is 16.8 Å². The van der Waals surface area contributed by atoms with Crippen molar-refractivity contribution < 1.29 is 0 Å². The molecule has 0 N–H and O–H groups in total. The van der Waals surface area contributed by atoms with E-state index in [9.17, 15) is 10.5 Å². The van der Waals surface area contributed by atoms with Gasteiger partial charge in [0.2, 0.25) is 0 Å². The molecule has 61 heavy (non-hydrogen) atoms. The Kier molecular flexibility index (Phi) is 7.59. The normalized spacial score (nSPS) is 11.6. The summed E-state index contributed by atoms with van der Waals surface area (Å²) < 4.78 is 6.82. The molecule has 0 radical (unpaired) electrons. The fraction of sp³-hybridized carbons (Fsp3) is 0. The van der Waals surface area contributed by atoms with Gasteiger partial charge in [-0.25, -0.2) is 0 Å². The molecule has 12 rings (SSSR count). The number of hydrogen-bond acceptors (Lipinski definition) is 2. The van der Waals surface area contributed by atoms with E-state index < -0.39 is 0 Å². The number of nitriles is 2. The fourth-order valence-corrected chi connectivity index (χ4v) is 9.54. The van der Waals surface area contributed by atoms with Gasteiger partial charge in [0.15, 0.2) is 0 Å². The van der Waals surface area contributed by atoms with Crippen molar-refractivity contribution in [3.8, 4) is 51.5 Å². The average molecular weight is 776 g/mol. The van der Waals surface area contributed by atoms with E-state index in [2.05, 4.69) is 208 Å². The monoisotopic (exact) mass is 775 g/mol. The third-order valence-corrected chi connectivity index (χ3v) is 12.3. The van der Waals surface area contributed by atoms with E-state index in [4.69, 9.17) is 0 Å². The fourth-order valence-electron chi connectivity index (χ4n) is 9.54. The lowest BCUT2D eigenvalue weighted by Crippen LogP contribution is -1.98. The van der Waals surface area contributed by atoms with E-state index in [1.807, 2.05) is 6.07 Å². The first kappa shape index (κ1) is 34.4. The Morgan fingerprint density at radius 1 is 0.295 bits per heavy atom. The van der Waals surface area contributed by atoms with Crippen molar-refractivity contribution in [2.45, 2.75) is 0 Å². The van der Waals surface area contributed by atoms with Gasteiger partial charge in [-0.15, -0.1) is 0 Å². The number of aromatic nitrogens is 3. The van der Waals surface area contributed by atoms with Crippen LogP contribution < -0.4 is 0 Å². The van der Waals surface area contributed by atoms with Crippen LogP contribution in [0.2, 0.25) is 0 Å². The molecule has 0 bridgehead atoms. The lowest BCUT2D eigenvalue weighted by molar-refractivity contribution is 1.16. The summed E-state index contributed by atoms with van der Waals surface area (Å²) in [5.41, 5.74) is 15.0. The van der Waals surface area contributed by atoms with Gasteiger partial charge in [-0.05, 0) is 125 Å². The molecule has 0 saturated heterocycles. The minimum atomic E-state index is 0.503. The van der Waals surface area contributed by atoms with Gasteiger partial charge in [-0.3, -0.25) is 0 Å². The van der Waals surface area contributed by atoms with Crippen LogP contribution in [0.25, 0.3) is 105 Å². The maximum absolute atomic E-state index is 10.3. The molecule has 12 aromatic rings. The molecule has 9 aromatic carbocycles. The zero-order chi connectivity index (χ0) is 40.6. The lowest BCUT2D eigenvalue weighted by Gasteiger charge is -2.11. The molecular weight excluding hydrogens is 743 g/mol. The van der Waals surface area contributed by atoms with Crippen molar-refractivity contribution in [2.75, 3.05) is 0 Å². The molecule has 5 nitrogen and oxygen atoms in total. The van der Waals surface area contributed by atoms with Crippen molar-refractivity contribution in [3.63, 3.8) is 0 Å². The lowest BCUT2D eigenvalue weighted by atomic mass is 9.98. The molecule has 0 fully saturated rings. The molecule has 0 saturated carbocycles. The maximum atomic E-state index is 10.3. The van der Waals surface area contributed by atoms with Gasteiger partial charge in [0.05, 0.1) is 56.0 Å². The Labute approximate surface area is 351 Å². The zero-order valence-corrected chi connectivity index (χ0v) is 32.8. The second kappa shape index (κ2) is 13.5. The summed E-state index contributed by atoms with van der Waals surface area (Å²) in [6, 6.07) is 75.0. The van der Waals surface area contributed by atoms with Gasteiger partial charge in [-0.2, -0.15) is 10.5 Å². The second-order valence-electron chi connectivity index (χ2n) is 15.6. The van der Waals surface area contributed by atoms with Crippen molar-refractivity contribution in [2.24, 2.45) is 0 Å². The van der Waals surface area contributed by atoms with Crippen LogP contribution in [-0.4, -0.2) is 13.7 Å². The molecule has 0 aliphatic rings. The SMILES string of the molecule is N#Cc1ccc(C#N)c(-n2c3ccc(-c4ccc5c(c4)c4ccccc4n5-c4ccccc4)cc3c3cc(-c4ccc5c(c4)c4ccccc4n5-c4ccccc4)ccc32)c1. The summed E-state index contributed by atoms with van der Waals surface area (Å²) in [4.78, 5) is 0. The average Bonchev–Trinajstić information content (AvgIpc) is 3.96. The van der Waals surface area contributed by atoms with Crippen molar-refractivity contribution >= 4 is 65.4 Å². The number of benzene rings is 9. The molecule has 0 amide bonds. The van der Waals surface area contributed by atoms with Crippen molar-refractivity contribution in [1.82, 2.24) is 13.7 Å². The molecule has 3 heterocycles. The Balaban J connectivity index is 1.08. The smallest absolute Gasteiger partial charge is 0.101 e. The number of nitrogens with zero attached hydrogens (tertiary/aromatic N) is 5. The first-order chi connectivity index (χ1) is 30.2. The Morgan fingerprint density at radius 2 is 0.672 bits per heavy atom. The Morgan fingerprint density at radius 3 is 1.10 bits per heavy atom. The molecule has 5 heteroatoms. The van der Waals surface area contributed by atoms with E-state index >= 15 is 0 Å². The largest absolute Gasteiger partial charge is 0.309 e. The van der Waals surface area contributed by atoms with Crippen LogP contribution in [-0.2, 0) is 0 Å². The van der Waals surface area contributed by atoms with E-state index in [0.717, 1.165) is 66.5 Å². The van der Waals surface area contributed by atoms with Crippen LogP contribution in [0, 0.1) is 22.7 Å². The van der Waals surface area contributed by atoms with Gasteiger partial charge >= 0.3 is 0 Å². The third-order valence-electron chi connectivity index (χ3n) is 12.3. The summed E-state index contributed by atoms with van der Waals surface area (Å²) in [7, 11) is 0. The summed E-state index contributed by atoms with van der Waals surface area (Å²) in [5.74, 6) is 0. The van der Waals surface area contributed by atoms with Crippen LogP contribution in [0.4, 0.5) is 0 Å². The molecular formula is C56H33N5. The van der Waals surface area contributed by atoms with E-state index in [-0.39, 0.29) is 0 Å². The van der Waals surface area contributed by atoms with Crippen LogP contribution >= 0.6 is 0 Å². The molecule has 0 aliphatic heterocycles. The third kappa shape index (κ3) is 5.25. The number of rotatable bonds is 5. The topological polar surface area (TPSA) is 62.4 Å². The number of fused-ring (bicyclic) bond motifs is 9. The molecule has 0 aliphatic carbocycles. The molecule has 0 spiro atoms. The predicted molar refractivity (Wildman–Crippen MR) is 250 cm³/mol. The highest BCUT2D eigenvalue weighted by Crippen LogP contribution is 2.41. The molecule has 3 aromatic heterocycles. The van der Waals surface area contributed by atoms with Gasteiger partial charge in [0.1, 0.15) is 6.07 Å². The van der Waals surface area contributed by atoms with Gasteiger partial charge < -0.3 is 13.7 Å². The minimum absolute atomic E-state index is 0.503. The molecule has 0 unspecified atom stereocenters. The van der Waals surface area contributed by atoms with Crippen molar-refractivity contribution in [3.05, 3.63) is 211 Å². The quantitative estimate of drug-likeness (QED) is 0.175. The van der Waals surface area contributed by atoms with Crippen molar-refractivity contribution in [1.29, 1.82) is 10.5 Å². The molecule has 0 atom stereocenters. The second-order valence-corrected chi connectivity index (χ2v) is 15.6. The maximum Gasteiger partial charge on any atom is 0.101 e. The van der Waals surface area contributed by atoms with Gasteiger partial charge in [-0.1, -0.05) is 97.1 Å². The van der Waals surface area contributed by atoms with E-state index in [1.165, 1.54) is 32.6 Å².